The smallest absolute Gasteiger partial charge is 0.271 e. The number of anilines is 2. The van der Waals surface area contributed by atoms with Crippen molar-refractivity contribution in [1.29, 1.82) is 5.26 Å². The van der Waals surface area contributed by atoms with Gasteiger partial charge in [0, 0.05) is 54.3 Å². The van der Waals surface area contributed by atoms with E-state index < -0.39 is 5.92 Å². The Labute approximate surface area is 173 Å². The predicted octanol–water partition coefficient (Wildman–Crippen LogP) is 5.19. The lowest BCUT2D eigenvalue weighted by molar-refractivity contribution is 0.0180. The van der Waals surface area contributed by atoms with Crippen molar-refractivity contribution in [2.45, 2.75) is 25.7 Å². The third-order valence-corrected chi connectivity index (χ3v) is 4.74. The SMILES string of the molecule is C#N.COC(Nc1cc2cc(-c3cnccc3C(C)(F)F)cc(N)c2cn1)=C1CC1. The highest BCUT2D eigenvalue weighted by Gasteiger charge is 2.28. The van der Waals surface area contributed by atoms with Gasteiger partial charge in [0.05, 0.1) is 7.11 Å². The Balaban J connectivity index is 0.00000124. The second kappa shape index (κ2) is 8.33. The molecule has 1 aromatic carbocycles. The molecular weight excluding hydrogens is 388 g/mol. The van der Waals surface area contributed by atoms with Gasteiger partial charge in [0.25, 0.3) is 5.92 Å². The average molecular weight is 409 g/mol. The number of nitriles is 1. The number of ether oxygens (including phenoxy) is 1. The van der Waals surface area contributed by atoms with Crippen LogP contribution in [-0.4, -0.2) is 17.1 Å². The van der Waals surface area contributed by atoms with Gasteiger partial charge in [0.2, 0.25) is 0 Å². The molecule has 1 fully saturated rings. The van der Waals surface area contributed by atoms with Gasteiger partial charge in [-0.1, -0.05) is 0 Å². The Morgan fingerprint density at radius 3 is 2.60 bits per heavy atom. The van der Waals surface area contributed by atoms with Crippen LogP contribution in [0.2, 0.25) is 0 Å². The number of nitrogens with zero attached hydrogens (tertiary/aromatic N) is 3. The minimum atomic E-state index is -2.99. The van der Waals surface area contributed by atoms with E-state index in [1.807, 2.05) is 12.1 Å². The number of nitrogen functional groups attached to an aromatic ring is 1. The predicted molar refractivity (Wildman–Crippen MR) is 113 cm³/mol. The van der Waals surface area contributed by atoms with Crippen LogP contribution >= 0.6 is 0 Å². The van der Waals surface area contributed by atoms with Gasteiger partial charge >= 0.3 is 0 Å². The van der Waals surface area contributed by atoms with E-state index in [1.165, 1.54) is 24.0 Å². The first-order chi connectivity index (χ1) is 14.4. The number of benzene rings is 1. The Bertz CT molecular complexity index is 1130. The molecule has 1 aliphatic carbocycles. The first-order valence-corrected chi connectivity index (χ1v) is 9.17. The molecule has 0 amide bonds. The van der Waals surface area contributed by atoms with Crippen LogP contribution in [0.5, 0.6) is 0 Å². The standard InChI is InChI=1S/C21H20F2N4O.CHN/c1-21(22,23)17-5-6-25-10-15(17)13-7-14-9-19(26-11-16(14)18(24)8-13)27-20(28-2)12-3-4-12;1-2/h5-11H,3-4,24H2,1-2H3,(H,26,27);1H. The number of pyridine rings is 2. The fourth-order valence-electron chi connectivity index (χ4n) is 3.21. The lowest BCUT2D eigenvalue weighted by Gasteiger charge is -2.16. The van der Waals surface area contributed by atoms with E-state index in [0.29, 0.717) is 28.5 Å². The summed E-state index contributed by atoms with van der Waals surface area (Å²) >= 11 is 0. The fourth-order valence-corrected chi connectivity index (χ4v) is 3.21. The number of hydrogen-bond donors (Lipinski definition) is 2. The summed E-state index contributed by atoms with van der Waals surface area (Å²) in [5.74, 6) is -1.68. The molecule has 4 rings (SSSR count). The maximum atomic E-state index is 14.0. The number of nitrogens with one attached hydrogen (secondary N) is 1. The van der Waals surface area contributed by atoms with Crippen LogP contribution in [-0.2, 0) is 10.7 Å². The lowest BCUT2D eigenvalue weighted by atomic mass is 9.96. The first-order valence-electron chi connectivity index (χ1n) is 9.17. The lowest BCUT2D eigenvalue weighted by Crippen LogP contribution is -2.09. The number of allylic oxidation sites excluding steroid dienone is 1. The topological polar surface area (TPSA) is 96.8 Å². The molecular formula is C22H21F2N5O. The van der Waals surface area contributed by atoms with E-state index >= 15 is 0 Å². The van der Waals surface area contributed by atoms with Gasteiger partial charge in [-0.25, -0.2) is 19.0 Å². The normalized spacial score (nSPS) is 12.7. The Morgan fingerprint density at radius 1 is 1.23 bits per heavy atom. The summed E-state index contributed by atoms with van der Waals surface area (Å²) in [7, 11) is 1.61. The molecule has 0 unspecified atom stereocenters. The summed E-state index contributed by atoms with van der Waals surface area (Å²) in [6.07, 6.45) is 6.49. The van der Waals surface area contributed by atoms with Gasteiger partial charge < -0.3 is 15.8 Å². The summed E-state index contributed by atoms with van der Waals surface area (Å²) in [5.41, 5.74) is 8.71. The van der Waals surface area contributed by atoms with Gasteiger partial charge in [-0.2, -0.15) is 0 Å². The van der Waals surface area contributed by atoms with Crippen LogP contribution in [0.1, 0.15) is 25.3 Å². The van der Waals surface area contributed by atoms with Crippen molar-refractivity contribution in [3.63, 3.8) is 0 Å². The Kier molecular flexibility index (Phi) is 5.83. The molecule has 0 saturated heterocycles. The Hall–Kier alpha value is -3.73. The molecule has 6 nitrogen and oxygen atoms in total. The third kappa shape index (κ3) is 4.30. The highest BCUT2D eigenvalue weighted by Crippen LogP contribution is 2.38. The quantitative estimate of drug-likeness (QED) is 0.444. The second-order valence-electron chi connectivity index (χ2n) is 6.93. The van der Waals surface area contributed by atoms with Crippen LogP contribution in [0.4, 0.5) is 20.3 Å². The highest BCUT2D eigenvalue weighted by atomic mass is 19.3. The molecule has 3 N–H and O–H groups in total. The molecule has 0 radical (unpaired) electrons. The van der Waals surface area contributed by atoms with Crippen molar-refractivity contribution in [1.82, 2.24) is 9.97 Å². The van der Waals surface area contributed by atoms with Crippen molar-refractivity contribution in [2.24, 2.45) is 0 Å². The minimum absolute atomic E-state index is 0.0891. The summed E-state index contributed by atoms with van der Waals surface area (Å²) in [6.45, 7) is 4.37. The number of rotatable bonds is 5. The zero-order valence-corrected chi connectivity index (χ0v) is 16.6. The number of methoxy groups -OCH3 is 1. The second-order valence-corrected chi connectivity index (χ2v) is 6.93. The average Bonchev–Trinajstić information content (AvgIpc) is 3.58. The molecule has 2 aromatic heterocycles. The fraction of sp³-hybridized carbons (Fsp3) is 0.227. The van der Waals surface area contributed by atoms with Crippen LogP contribution in [0, 0.1) is 11.8 Å². The molecule has 8 heteroatoms. The van der Waals surface area contributed by atoms with E-state index in [0.717, 1.165) is 30.5 Å². The van der Waals surface area contributed by atoms with Crippen molar-refractivity contribution in [2.75, 3.05) is 18.2 Å². The molecule has 3 aromatic rings. The summed E-state index contributed by atoms with van der Waals surface area (Å²) < 4.78 is 33.5. The van der Waals surface area contributed by atoms with Crippen LogP contribution in [0.25, 0.3) is 21.9 Å². The van der Waals surface area contributed by atoms with Gasteiger partial charge in [0.1, 0.15) is 5.82 Å². The van der Waals surface area contributed by atoms with Crippen LogP contribution in [0.15, 0.2) is 54.3 Å². The van der Waals surface area contributed by atoms with Crippen molar-refractivity contribution >= 4 is 22.3 Å². The van der Waals surface area contributed by atoms with Crippen molar-refractivity contribution < 1.29 is 13.5 Å². The molecule has 0 bridgehead atoms. The molecule has 30 heavy (non-hydrogen) atoms. The number of hydrogen-bond acceptors (Lipinski definition) is 6. The zero-order chi connectivity index (χ0) is 21.9. The number of alkyl halides is 2. The van der Waals surface area contributed by atoms with Crippen molar-refractivity contribution in [3.05, 3.63) is 59.9 Å². The molecule has 0 aliphatic heterocycles. The number of nitrogens with two attached hydrogens (primary N) is 1. The van der Waals surface area contributed by atoms with E-state index in [4.69, 9.17) is 15.7 Å². The summed E-state index contributed by atoms with van der Waals surface area (Å²) in [6, 6.07) is 6.66. The first kappa shape index (κ1) is 21.0. The van der Waals surface area contributed by atoms with Gasteiger partial charge in [-0.15, -0.1) is 0 Å². The number of aromatic nitrogens is 2. The number of fused-ring (bicyclic) bond motifs is 1. The summed E-state index contributed by atoms with van der Waals surface area (Å²) in [4.78, 5) is 8.41. The van der Waals surface area contributed by atoms with E-state index in [-0.39, 0.29) is 5.56 Å². The minimum Gasteiger partial charge on any atom is -0.482 e. The highest BCUT2D eigenvalue weighted by molar-refractivity contribution is 5.97. The summed E-state index contributed by atoms with van der Waals surface area (Å²) in [5, 5.41) is 11.2. The maximum absolute atomic E-state index is 14.0. The van der Waals surface area contributed by atoms with E-state index in [1.54, 1.807) is 19.4 Å². The molecule has 0 spiro atoms. The third-order valence-electron chi connectivity index (χ3n) is 4.74. The van der Waals surface area contributed by atoms with Gasteiger partial charge in [0.15, 0.2) is 5.88 Å². The molecule has 0 atom stereocenters. The monoisotopic (exact) mass is 409 g/mol. The van der Waals surface area contributed by atoms with E-state index in [2.05, 4.69) is 21.9 Å². The van der Waals surface area contributed by atoms with Gasteiger partial charge in [-0.05, 0) is 53.6 Å². The maximum Gasteiger partial charge on any atom is 0.271 e. The van der Waals surface area contributed by atoms with Crippen LogP contribution < -0.4 is 11.1 Å². The Morgan fingerprint density at radius 2 is 1.97 bits per heavy atom. The molecule has 1 aliphatic rings. The molecule has 1 saturated carbocycles. The van der Waals surface area contributed by atoms with Crippen molar-refractivity contribution in [3.8, 4) is 17.7 Å². The molecule has 2 heterocycles. The number of halogens is 2. The largest absolute Gasteiger partial charge is 0.482 e. The van der Waals surface area contributed by atoms with E-state index in [9.17, 15) is 8.78 Å². The van der Waals surface area contributed by atoms with Gasteiger partial charge in [-0.3, -0.25) is 4.98 Å². The molecule has 154 valence electrons. The van der Waals surface area contributed by atoms with Crippen LogP contribution in [0.3, 0.4) is 0 Å². The zero-order valence-electron chi connectivity index (χ0n) is 16.6.